The molecule has 3 nitrogen and oxygen atoms in total. The number of ketones is 1. The second-order valence-corrected chi connectivity index (χ2v) is 5.93. The van der Waals surface area contributed by atoms with Crippen LogP contribution in [0.25, 0.3) is 10.9 Å². The van der Waals surface area contributed by atoms with Crippen LogP contribution in [0.15, 0.2) is 30.5 Å². The van der Waals surface area contributed by atoms with Crippen LogP contribution in [0.1, 0.15) is 30.1 Å². The van der Waals surface area contributed by atoms with E-state index in [9.17, 15) is 18.0 Å². The average molecular weight is 322 g/mol. The van der Waals surface area contributed by atoms with Crippen LogP contribution < -0.4 is 4.90 Å². The van der Waals surface area contributed by atoms with E-state index >= 15 is 0 Å². The van der Waals surface area contributed by atoms with Crippen LogP contribution in [0.5, 0.6) is 0 Å². The summed E-state index contributed by atoms with van der Waals surface area (Å²) in [5.74, 6) is -1.28. The molecule has 23 heavy (non-hydrogen) atoms. The first kappa shape index (κ1) is 15.8. The van der Waals surface area contributed by atoms with E-state index in [-0.39, 0.29) is 18.6 Å². The van der Waals surface area contributed by atoms with Gasteiger partial charge in [0.1, 0.15) is 0 Å². The van der Waals surface area contributed by atoms with Crippen molar-refractivity contribution < 1.29 is 18.0 Å². The summed E-state index contributed by atoms with van der Waals surface area (Å²) in [5.41, 5.74) is 2.09. The molecular weight excluding hydrogens is 305 g/mol. The van der Waals surface area contributed by atoms with Gasteiger partial charge in [0.2, 0.25) is 0 Å². The Morgan fingerprint density at radius 1 is 1.26 bits per heavy atom. The summed E-state index contributed by atoms with van der Waals surface area (Å²) in [6.07, 6.45) is -2.38. The Kier molecular flexibility index (Phi) is 4.00. The molecule has 0 radical (unpaired) electrons. The third-order valence-corrected chi connectivity index (χ3v) is 4.39. The number of Topliss-reactive ketones (excluding diaryl/α,β-unsaturated/α-hetero) is 1. The number of halogens is 3. The monoisotopic (exact) mass is 322 g/mol. The van der Waals surface area contributed by atoms with E-state index in [2.05, 4.69) is 4.98 Å². The van der Waals surface area contributed by atoms with E-state index in [1.807, 2.05) is 23.1 Å². The van der Waals surface area contributed by atoms with E-state index in [0.717, 1.165) is 16.6 Å². The fourth-order valence-corrected chi connectivity index (χ4v) is 3.04. The second kappa shape index (κ2) is 5.83. The molecule has 6 heteroatoms. The molecule has 1 fully saturated rings. The molecular formula is C17H17F3N2O. The number of pyridine rings is 1. The molecule has 2 aromatic rings. The quantitative estimate of drug-likeness (QED) is 0.776. The number of hydrogen-bond acceptors (Lipinski definition) is 3. The van der Waals surface area contributed by atoms with Gasteiger partial charge in [-0.15, -0.1) is 0 Å². The summed E-state index contributed by atoms with van der Waals surface area (Å²) >= 11 is 0. The SMILES string of the molecule is CC(=O)c1cnc2c(N3CCC(C(F)(F)F)CC3)cccc2c1. The van der Waals surface area contributed by atoms with Crippen molar-refractivity contribution in [1.29, 1.82) is 0 Å². The number of carbonyl (C=O) groups is 1. The average Bonchev–Trinajstić information content (AvgIpc) is 2.53. The Balaban J connectivity index is 1.88. The number of aromatic nitrogens is 1. The molecule has 0 saturated carbocycles. The highest BCUT2D eigenvalue weighted by molar-refractivity contribution is 5.99. The van der Waals surface area contributed by atoms with Crippen molar-refractivity contribution in [1.82, 2.24) is 4.98 Å². The Bertz CT molecular complexity index is 734. The molecule has 0 spiro atoms. The van der Waals surface area contributed by atoms with Crippen LogP contribution in [-0.4, -0.2) is 30.0 Å². The first-order valence-electron chi connectivity index (χ1n) is 7.57. The van der Waals surface area contributed by atoms with Crippen molar-refractivity contribution in [2.45, 2.75) is 25.9 Å². The predicted octanol–water partition coefficient (Wildman–Crippen LogP) is 4.22. The van der Waals surface area contributed by atoms with Gasteiger partial charge in [-0.05, 0) is 31.9 Å². The van der Waals surface area contributed by atoms with Crippen molar-refractivity contribution in [3.8, 4) is 0 Å². The lowest BCUT2D eigenvalue weighted by Gasteiger charge is -2.34. The Morgan fingerprint density at radius 3 is 2.57 bits per heavy atom. The number of nitrogens with zero attached hydrogens (tertiary/aromatic N) is 2. The third-order valence-electron chi connectivity index (χ3n) is 4.39. The van der Waals surface area contributed by atoms with E-state index in [1.165, 1.54) is 13.1 Å². The van der Waals surface area contributed by atoms with Crippen LogP contribution in [-0.2, 0) is 0 Å². The number of piperidine rings is 1. The van der Waals surface area contributed by atoms with Gasteiger partial charge in [0.25, 0.3) is 0 Å². The molecule has 1 aliphatic rings. The molecule has 0 aliphatic carbocycles. The molecule has 2 heterocycles. The second-order valence-electron chi connectivity index (χ2n) is 5.93. The van der Waals surface area contributed by atoms with Gasteiger partial charge in [-0.3, -0.25) is 9.78 Å². The highest BCUT2D eigenvalue weighted by Crippen LogP contribution is 2.36. The van der Waals surface area contributed by atoms with Crippen molar-refractivity contribution in [3.05, 3.63) is 36.0 Å². The minimum atomic E-state index is -4.11. The van der Waals surface area contributed by atoms with Crippen molar-refractivity contribution >= 4 is 22.4 Å². The predicted molar refractivity (Wildman–Crippen MR) is 82.7 cm³/mol. The molecule has 1 saturated heterocycles. The van der Waals surface area contributed by atoms with Gasteiger partial charge in [0.15, 0.2) is 5.78 Å². The van der Waals surface area contributed by atoms with Gasteiger partial charge in [-0.2, -0.15) is 13.2 Å². The minimum Gasteiger partial charge on any atom is -0.370 e. The maximum Gasteiger partial charge on any atom is 0.391 e. The topological polar surface area (TPSA) is 33.2 Å². The highest BCUT2D eigenvalue weighted by Gasteiger charge is 2.41. The number of alkyl halides is 3. The first-order chi connectivity index (χ1) is 10.9. The summed E-state index contributed by atoms with van der Waals surface area (Å²) in [6.45, 7) is 2.20. The Labute approximate surface area is 132 Å². The van der Waals surface area contributed by atoms with Crippen LogP contribution in [0.3, 0.4) is 0 Å². The molecule has 1 aromatic heterocycles. The summed E-state index contributed by atoms with van der Waals surface area (Å²) in [6, 6.07) is 7.35. The van der Waals surface area contributed by atoms with Gasteiger partial charge in [-0.1, -0.05) is 12.1 Å². The lowest BCUT2D eigenvalue weighted by Crippen LogP contribution is -2.39. The fraction of sp³-hybridized carbons (Fsp3) is 0.412. The molecule has 0 amide bonds. The Morgan fingerprint density at radius 2 is 1.96 bits per heavy atom. The van der Waals surface area contributed by atoms with Crippen LogP contribution in [0, 0.1) is 5.92 Å². The van der Waals surface area contributed by atoms with Gasteiger partial charge >= 0.3 is 6.18 Å². The molecule has 0 unspecified atom stereocenters. The molecule has 1 aromatic carbocycles. The number of benzene rings is 1. The number of carbonyl (C=O) groups excluding carboxylic acids is 1. The lowest BCUT2D eigenvalue weighted by atomic mass is 9.95. The van der Waals surface area contributed by atoms with Crippen LogP contribution >= 0.6 is 0 Å². The largest absolute Gasteiger partial charge is 0.391 e. The lowest BCUT2D eigenvalue weighted by molar-refractivity contribution is -0.179. The zero-order valence-electron chi connectivity index (χ0n) is 12.7. The molecule has 1 aliphatic heterocycles. The fourth-order valence-electron chi connectivity index (χ4n) is 3.04. The first-order valence-corrected chi connectivity index (χ1v) is 7.57. The standard InChI is InChI=1S/C17H17F3N2O/c1-11(23)13-9-12-3-2-4-15(16(12)21-10-13)22-7-5-14(6-8-22)17(18,19)20/h2-4,9-10,14H,5-8H2,1H3. The molecule has 0 bridgehead atoms. The zero-order chi connectivity index (χ0) is 16.6. The van der Waals surface area contributed by atoms with E-state index in [0.29, 0.717) is 18.7 Å². The van der Waals surface area contributed by atoms with E-state index in [4.69, 9.17) is 0 Å². The number of para-hydroxylation sites is 1. The van der Waals surface area contributed by atoms with Crippen molar-refractivity contribution in [3.63, 3.8) is 0 Å². The summed E-state index contributed by atoms with van der Waals surface area (Å²) < 4.78 is 38.3. The number of anilines is 1. The number of rotatable bonds is 2. The molecule has 0 atom stereocenters. The molecule has 0 N–H and O–H groups in total. The minimum absolute atomic E-state index is 0.0594. The van der Waals surface area contributed by atoms with Crippen molar-refractivity contribution in [2.24, 2.45) is 5.92 Å². The maximum absolute atomic E-state index is 12.8. The number of hydrogen-bond donors (Lipinski definition) is 0. The van der Waals surface area contributed by atoms with E-state index < -0.39 is 12.1 Å². The third kappa shape index (κ3) is 3.16. The molecule has 122 valence electrons. The molecule has 3 rings (SSSR count). The van der Waals surface area contributed by atoms with Crippen molar-refractivity contribution in [2.75, 3.05) is 18.0 Å². The van der Waals surface area contributed by atoms with E-state index in [1.54, 1.807) is 6.07 Å². The normalized spacial score (nSPS) is 16.8. The van der Waals surface area contributed by atoms with Crippen LogP contribution in [0.2, 0.25) is 0 Å². The van der Waals surface area contributed by atoms with Crippen LogP contribution in [0.4, 0.5) is 18.9 Å². The smallest absolute Gasteiger partial charge is 0.370 e. The zero-order valence-corrected chi connectivity index (χ0v) is 12.7. The summed E-state index contributed by atoms with van der Waals surface area (Å²) in [5, 5.41) is 0.827. The van der Waals surface area contributed by atoms with Gasteiger partial charge in [-0.25, -0.2) is 0 Å². The van der Waals surface area contributed by atoms with Gasteiger partial charge in [0, 0.05) is 30.2 Å². The Hall–Kier alpha value is -2.11. The van der Waals surface area contributed by atoms with Gasteiger partial charge in [0.05, 0.1) is 17.1 Å². The highest BCUT2D eigenvalue weighted by atomic mass is 19.4. The summed E-state index contributed by atoms with van der Waals surface area (Å²) in [7, 11) is 0. The number of fused-ring (bicyclic) bond motifs is 1. The van der Waals surface area contributed by atoms with Gasteiger partial charge < -0.3 is 4.90 Å². The summed E-state index contributed by atoms with van der Waals surface area (Å²) in [4.78, 5) is 17.8. The maximum atomic E-state index is 12.8.